The first-order chi connectivity index (χ1) is 6.26. The van der Waals surface area contributed by atoms with E-state index in [1.165, 1.54) is 5.57 Å². The molecule has 0 aromatic rings. The fraction of sp³-hybridized carbons (Fsp3) is 0.750. The Balaban J connectivity index is 4.27. The van der Waals surface area contributed by atoms with Crippen molar-refractivity contribution in [2.75, 3.05) is 0 Å². The quantitative estimate of drug-likeness (QED) is 0.547. The minimum atomic E-state index is -1.09. The van der Waals surface area contributed by atoms with Gasteiger partial charge in [0.2, 0.25) is 0 Å². The van der Waals surface area contributed by atoms with Gasteiger partial charge in [-0.25, -0.2) is 0 Å². The van der Waals surface area contributed by atoms with E-state index in [0.717, 1.165) is 12.5 Å². The third-order valence-corrected chi connectivity index (χ3v) is 3.71. The molecule has 14 heavy (non-hydrogen) atoms. The summed E-state index contributed by atoms with van der Waals surface area (Å²) < 4.78 is 0. The van der Waals surface area contributed by atoms with Crippen LogP contribution in [0.2, 0.25) is 25.7 Å². The Bertz CT molecular complexity index is 219. The first-order valence-corrected chi connectivity index (χ1v) is 9.03. The number of hydrogen-bond donors (Lipinski definition) is 1. The Labute approximate surface area is 89.5 Å². The predicted molar refractivity (Wildman–Crippen MR) is 66.3 cm³/mol. The van der Waals surface area contributed by atoms with Crippen molar-refractivity contribution >= 4 is 8.07 Å². The van der Waals surface area contributed by atoms with Crippen LogP contribution in [0.1, 0.15) is 20.3 Å². The summed E-state index contributed by atoms with van der Waals surface area (Å²) in [6.07, 6.45) is 0.501. The van der Waals surface area contributed by atoms with Gasteiger partial charge in [-0.3, -0.25) is 0 Å². The maximum Gasteiger partial charge on any atom is 0.0606 e. The van der Waals surface area contributed by atoms with Gasteiger partial charge in [-0.1, -0.05) is 40.1 Å². The smallest absolute Gasteiger partial charge is 0.0606 e. The molecule has 1 N–H and O–H groups in total. The highest BCUT2D eigenvalue weighted by atomic mass is 28.3. The SMILES string of the molecule is C=C=C(CC(O)C(C)C)C[Si](C)(C)C. The Morgan fingerprint density at radius 2 is 1.86 bits per heavy atom. The van der Waals surface area contributed by atoms with Gasteiger partial charge in [0.1, 0.15) is 0 Å². The van der Waals surface area contributed by atoms with Crippen LogP contribution in [0.15, 0.2) is 17.9 Å². The molecule has 0 bridgehead atoms. The van der Waals surface area contributed by atoms with Gasteiger partial charge in [0.05, 0.1) is 6.10 Å². The van der Waals surface area contributed by atoms with Crippen LogP contribution in [-0.2, 0) is 0 Å². The van der Waals surface area contributed by atoms with Crippen LogP contribution in [0.5, 0.6) is 0 Å². The van der Waals surface area contributed by atoms with Gasteiger partial charge in [0, 0.05) is 14.5 Å². The van der Waals surface area contributed by atoms with Crippen LogP contribution in [0.3, 0.4) is 0 Å². The summed E-state index contributed by atoms with van der Waals surface area (Å²) in [4.78, 5) is 0. The first kappa shape index (κ1) is 13.7. The summed E-state index contributed by atoms with van der Waals surface area (Å²) >= 11 is 0. The van der Waals surface area contributed by atoms with Crippen LogP contribution in [0.4, 0.5) is 0 Å². The fourth-order valence-corrected chi connectivity index (χ4v) is 2.88. The highest BCUT2D eigenvalue weighted by molar-refractivity contribution is 6.76. The molecular weight excluding hydrogens is 188 g/mol. The summed E-state index contributed by atoms with van der Waals surface area (Å²) in [5.41, 5.74) is 4.19. The number of rotatable bonds is 5. The Hall–Kier alpha value is -0.303. The van der Waals surface area contributed by atoms with Crippen molar-refractivity contribution < 1.29 is 5.11 Å². The fourth-order valence-electron chi connectivity index (χ4n) is 1.34. The molecule has 0 heterocycles. The molecule has 1 atom stereocenters. The largest absolute Gasteiger partial charge is 0.393 e. The van der Waals surface area contributed by atoms with Crippen LogP contribution in [0, 0.1) is 5.92 Å². The van der Waals surface area contributed by atoms with Gasteiger partial charge in [-0.15, -0.1) is 5.73 Å². The van der Waals surface area contributed by atoms with Crippen molar-refractivity contribution in [2.24, 2.45) is 5.92 Å². The molecule has 0 spiro atoms. The maximum atomic E-state index is 9.75. The monoisotopic (exact) mass is 212 g/mol. The second-order valence-corrected chi connectivity index (χ2v) is 11.0. The zero-order valence-corrected chi connectivity index (χ0v) is 11.2. The molecule has 0 fully saturated rings. The van der Waals surface area contributed by atoms with E-state index in [4.69, 9.17) is 0 Å². The number of aliphatic hydroxyl groups excluding tert-OH is 1. The van der Waals surface area contributed by atoms with Crippen LogP contribution < -0.4 is 0 Å². The molecule has 0 amide bonds. The van der Waals surface area contributed by atoms with Gasteiger partial charge in [0.25, 0.3) is 0 Å². The molecule has 0 rings (SSSR count). The van der Waals surface area contributed by atoms with Crippen LogP contribution in [0.25, 0.3) is 0 Å². The zero-order chi connectivity index (χ0) is 11.4. The first-order valence-electron chi connectivity index (χ1n) is 5.32. The lowest BCUT2D eigenvalue weighted by Crippen LogP contribution is -2.22. The van der Waals surface area contributed by atoms with Gasteiger partial charge in [-0.05, 0) is 17.5 Å². The molecule has 0 radical (unpaired) electrons. The summed E-state index contributed by atoms with van der Waals surface area (Å²) in [5.74, 6) is 0.319. The molecule has 82 valence electrons. The second-order valence-electron chi connectivity index (χ2n) is 5.53. The highest BCUT2D eigenvalue weighted by Gasteiger charge is 2.18. The van der Waals surface area contributed by atoms with Crippen molar-refractivity contribution in [3.63, 3.8) is 0 Å². The van der Waals surface area contributed by atoms with Gasteiger partial charge in [0.15, 0.2) is 0 Å². The normalized spacial score (nSPS) is 13.9. The van der Waals surface area contributed by atoms with E-state index in [1.54, 1.807) is 0 Å². The molecule has 0 saturated heterocycles. The number of aliphatic hydroxyl groups is 1. The van der Waals surface area contributed by atoms with Crippen molar-refractivity contribution in [1.82, 2.24) is 0 Å². The van der Waals surface area contributed by atoms with E-state index >= 15 is 0 Å². The minimum Gasteiger partial charge on any atom is -0.393 e. The lowest BCUT2D eigenvalue weighted by atomic mass is 10.0. The van der Waals surface area contributed by atoms with Gasteiger partial charge < -0.3 is 5.11 Å². The summed E-state index contributed by atoms with van der Waals surface area (Å²) in [5, 5.41) is 9.75. The molecule has 0 aromatic heterocycles. The Morgan fingerprint density at radius 3 is 2.14 bits per heavy atom. The Kier molecular flexibility index (Phi) is 5.43. The molecule has 0 aliphatic carbocycles. The molecular formula is C12H24OSi. The summed E-state index contributed by atoms with van der Waals surface area (Å²) in [6, 6.07) is 1.10. The average molecular weight is 212 g/mol. The minimum absolute atomic E-state index is 0.240. The van der Waals surface area contributed by atoms with E-state index in [2.05, 4.69) is 32.0 Å². The van der Waals surface area contributed by atoms with Crippen LogP contribution in [-0.4, -0.2) is 19.3 Å². The summed E-state index contributed by atoms with van der Waals surface area (Å²) in [7, 11) is -1.09. The standard InChI is InChI=1S/C12H24OSi/c1-7-11(9-14(4,5)6)8-12(13)10(2)3/h10,12-13H,1,8-9H2,2-6H3. The van der Waals surface area contributed by atoms with Gasteiger partial charge in [-0.2, -0.15) is 0 Å². The molecule has 0 saturated carbocycles. The van der Waals surface area contributed by atoms with Gasteiger partial charge >= 0.3 is 0 Å². The van der Waals surface area contributed by atoms with Crippen molar-refractivity contribution in [3.05, 3.63) is 17.9 Å². The average Bonchev–Trinajstić information content (AvgIpc) is 2.00. The molecule has 0 aliphatic heterocycles. The highest BCUT2D eigenvalue weighted by Crippen LogP contribution is 2.21. The second kappa shape index (κ2) is 5.55. The van der Waals surface area contributed by atoms with E-state index < -0.39 is 8.07 Å². The van der Waals surface area contributed by atoms with Crippen LogP contribution >= 0.6 is 0 Å². The predicted octanol–water partition coefficient (Wildman–Crippen LogP) is 3.44. The topological polar surface area (TPSA) is 20.2 Å². The molecule has 0 aliphatic rings. The summed E-state index contributed by atoms with van der Waals surface area (Å²) in [6.45, 7) is 14.8. The van der Waals surface area contributed by atoms with E-state index in [9.17, 15) is 5.11 Å². The van der Waals surface area contributed by atoms with Crippen molar-refractivity contribution in [3.8, 4) is 0 Å². The molecule has 0 aromatic carbocycles. The Morgan fingerprint density at radius 1 is 1.36 bits per heavy atom. The third kappa shape index (κ3) is 6.20. The zero-order valence-electron chi connectivity index (χ0n) is 10.2. The van der Waals surface area contributed by atoms with E-state index in [-0.39, 0.29) is 6.10 Å². The lowest BCUT2D eigenvalue weighted by molar-refractivity contribution is 0.125. The molecule has 1 unspecified atom stereocenters. The van der Waals surface area contributed by atoms with Crippen molar-refractivity contribution in [1.29, 1.82) is 0 Å². The van der Waals surface area contributed by atoms with Crippen molar-refractivity contribution in [2.45, 2.75) is 52.1 Å². The van der Waals surface area contributed by atoms with E-state index in [1.807, 2.05) is 13.8 Å². The maximum absolute atomic E-state index is 9.75. The molecule has 1 nitrogen and oxygen atoms in total. The number of hydrogen-bond acceptors (Lipinski definition) is 1. The third-order valence-electron chi connectivity index (χ3n) is 2.22. The molecule has 2 heteroatoms. The lowest BCUT2D eigenvalue weighted by Gasteiger charge is -2.20. The van der Waals surface area contributed by atoms with E-state index in [0.29, 0.717) is 5.92 Å².